The van der Waals surface area contributed by atoms with E-state index in [-0.39, 0.29) is 5.41 Å². The van der Waals surface area contributed by atoms with Gasteiger partial charge in [0.15, 0.2) is 0 Å². The minimum atomic E-state index is -0.137. The molecule has 72 valence electrons. The summed E-state index contributed by atoms with van der Waals surface area (Å²) in [5, 5.41) is 0. The number of hydrogen-bond acceptors (Lipinski definition) is 0. The molecule has 14 heavy (non-hydrogen) atoms. The molecule has 1 fully saturated rings. The van der Waals surface area contributed by atoms with Gasteiger partial charge in [0.1, 0.15) is 0 Å². The van der Waals surface area contributed by atoms with Crippen molar-refractivity contribution in [3.63, 3.8) is 0 Å². The van der Waals surface area contributed by atoms with Gasteiger partial charge in [-0.25, -0.2) is 0 Å². The Balaban J connectivity index is 2.26. The fraction of sp³-hybridized carbons (Fsp3) is 0.429. The van der Waals surface area contributed by atoms with E-state index in [4.69, 9.17) is 6.42 Å². The van der Waals surface area contributed by atoms with Crippen molar-refractivity contribution < 1.29 is 0 Å². The Bertz CT molecular complexity index is 358. The zero-order chi connectivity index (χ0) is 10.2. The summed E-state index contributed by atoms with van der Waals surface area (Å²) in [6, 6.07) is 8.80. The maximum Gasteiger partial charge on any atom is 0.0504 e. The molecule has 0 saturated heterocycles. The average Bonchev–Trinajstić information content (AvgIpc) is 3.01. The first-order chi connectivity index (χ1) is 6.63. The third-order valence-electron chi connectivity index (χ3n) is 3.04. The zero-order valence-corrected chi connectivity index (χ0v) is 8.88. The molecule has 0 N–H and O–H groups in total. The Morgan fingerprint density at radius 3 is 2.21 bits per heavy atom. The highest BCUT2D eigenvalue weighted by atomic mass is 14.3. The second-order valence-electron chi connectivity index (χ2n) is 4.67. The predicted molar refractivity (Wildman–Crippen MR) is 60.3 cm³/mol. The van der Waals surface area contributed by atoms with Crippen LogP contribution in [-0.2, 0) is 5.41 Å². The lowest BCUT2D eigenvalue weighted by Crippen LogP contribution is -2.13. The Morgan fingerprint density at radius 1 is 1.21 bits per heavy atom. The maximum absolute atomic E-state index is 5.50. The van der Waals surface area contributed by atoms with Gasteiger partial charge in [0.25, 0.3) is 0 Å². The van der Waals surface area contributed by atoms with Gasteiger partial charge in [-0.15, -0.1) is 6.42 Å². The van der Waals surface area contributed by atoms with Gasteiger partial charge in [-0.3, -0.25) is 0 Å². The van der Waals surface area contributed by atoms with Gasteiger partial charge in [0.05, 0.1) is 5.41 Å². The van der Waals surface area contributed by atoms with E-state index in [1.165, 1.54) is 24.0 Å². The van der Waals surface area contributed by atoms with Crippen molar-refractivity contribution in [3.05, 3.63) is 35.4 Å². The van der Waals surface area contributed by atoms with E-state index in [1.54, 1.807) is 0 Å². The fourth-order valence-electron chi connectivity index (χ4n) is 1.67. The first-order valence-corrected chi connectivity index (χ1v) is 5.22. The highest BCUT2D eigenvalue weighted by Crippen LogP contribution is 2.40. The number of terminal acetylenes is 1. The van der Waals surface area contributed by atoms with Crippen LogP contribution >= 0.6 is 0 Å². The standard InChI is InChI=1S/C14H16/c1-4-14(2,3)13-9-7-12(8-10-13)11-5-6-11/h1,7-11H,5-6H2,2-3H3. The molecule has 1 aliphatic rings. The third kappa shape index (κ3) is 1.68. The second kappa shape index (κ2) is 3.17. The molecule has 0 unspecified atom stereocenters. The van der Waals surface area contributed by atoms with Crippen LogP contribution < -0.4 is 0 Å². The van der Waals surface area contributed by atoms with Crippen molar-refractivity contribution in [3.8, 4) is 12.3 Å². The molecular formula is C14H16. The van der Waals surface area contributed by atoms with Gasteiger partial charge in [-0.2, -0.15) is 0 Å². The minimum absolute atomic E-state index is 0.137. The molecular weight excluding hydrogens is 168 g/mol. The number of benzene rings is 1. The zero-order valence-electron chi connectivity index (χ0n) is 8.88. The molecule has 0 bridgehead atoms. The van der Waals surface area contributed by atoms with Gasteiger partial charge in [-0.1, -0.05) is 30.2 Å². The topological polar surface area (TPSA) is 0 Å². The van der Waals surface area contributed by atoms with E-state index in [9.17, 15) is 0 Å². The van der Waals surface area contributed by atoms with Crippen LogP contribution in [-0.4, -0.2) is 0 Å². The summed E-state index contributed by atoms with van der Waals surface area (Å²) in [5.74, 6) is 3.65. The predicted octanol–water partition coefficient (Wildman–Crippen LogP) is 3.47. The van der Waals surface area contributed by atoms with Crippen LogP contribution in [0.3, 0.4) is 0 Å². The van der Waals surface area contributed by atoms with Crippen LogP contribution in [0.5, 0.6) is 0 Å². The van der Waals surface area contributed by atoms with Gasteiger partial charge in [-0.05, 0) is 43.7 Å². The van der Waals surface area contributed by atoms with Crippen LogP contribution in [0, 0.1) is 12.3 Å². The lowest BCUT2D eigenvalue weighted by atomic mass is 9.85. The lowest BCUT2D eigenvalue weighted by Gasteiger charge is -2.18. The molecule has 0 radical (unpaired) electrons. The molecule has 1 saturated carbocycles. The Morgan fingerprint density at radius 2 is 1.79 bits per heavy atom. The molecule has 0 aromatic heterocycles. The largest absolute Gasteiger partial charge is 0.119 e. The Hall–Kier alpha value is -1.22. The highest BCUT2D eigenvalue weighted by Gasteiger charge is 2.24. The van der Waals surface area contributed by atoms with Crippen LogP contribution in [0.2, 0.25) is 0 Å². The minimum Gasteiger partial charge on any atom is -0.119 e. The van der Waals surface area contributed by atoms with Crippen LogP contribution in [0.15, 0.2) is 24.3 Å². The van der Waals surface area contributed by atoms with Crippen molar-refractivity contribution in [2.45, 2.75) is 38.0 Å². The first kappa shape index (κ1) is 9.34. The SMILES string of the molecule is C#CC(C)(C)c1ccc(C2CC2)cc1. The molecule has 1 aromatic rings. The number of rotatable bonds is 2. The molecule has 2 rings (SSSR count). The van der Waals surface area contributed by atoms with E-state index in [0.717, 1.165) is 5.92 Å². The maximum atomic E-state index is 5.50. The van der Waals surface area contributed by atoms with Gasteiger partial charge >= 0.3 is 0 Å². The summed E-state index contributed by atoms with van der Waals surface area (Å²) in [5.41, 5.74) is 2.58. The highest BCUT2D eigenvalue weighted by molar-refractivity contribution is 5.36. The summed E-state index contributed by atoms with van der Waals surface area (Å²) in [6.07, 6.45) is 8.22. The first-order valence-electron chi connectivity index (χ1n) is 5.22. The Kier molecular flexibility index (Phi) is 2.11. The lowest BCUT2D eigenvalue weighted by molar-refractivity contribution is 0.698. The molecule has 1 aromatic carbocycles. The van der Waals surface area contributed by atoms with Crippen molar-refractivity contribution in [1.82, 2.24) is 0 Å². The van der Waals surface area contributed by atoms with E-state index in [0.29, 0.717) is 0 Å². The molecule has 0 heteroatoms. The van der Waals surface area contributed by atoms with Crippen LogP contribution in [0.25, 0.3) is 0 Å². The second-order valence-corrected chi connectivity index (χ2v) is 4.67. The van der Waals surface area contributed by atoms with Crippen molar-refractivity contribution in [1.29, 1.82) is 0 Å². The smallest absolute Gasteiger partial charge is 0.0504 e. The molecule has 0 nitrogen and oxygen atoms in total. The summed E-state index contributed by atoms with van der Waals surface area (Å²) < 4.78 is 0. The molecule has 1 aliphatic carbocycles. The molecule has 0 atom stereocenters. The summed E-state index contributed by atoms with van der Waals surface area (Å²) in [4.78, 5) is 0. The fourth-order valence-corrected chi connectivity index (χ4v) is 1.67. The van der Waals surface area contributed by atoms with E-state index < -0.39 is 0 Å². The quantitative estimate of drug-likeness (QED) is 0.617. The van der Waals surface area contributed by atoms with E-state index >= 15 is 0 Å². The van der Waals surface area contributed by atoms with Gasteiger partial charge in [0.2, 0.25) is 0 Å². The Labute approximate surface area is 86.3 Å². The van der Waals surface area contributed by atoms with E-state index in [1.807, 2.05) is 0 Å². The summed E-state index contributed by atoms with van der Waals surface area (Å²) >= 11 is 0. The summed E-state index contributed by atoms with van der Waals surface area (Å²) in [6.45, 7) is 4.16. The van der Waals surface area contributed by atoms with Gasteiger partial charge in [0, 0.05) is 0 Å². The normalized spacial score (nSPS) is 16.4. The van der Waals surface area contributed by atoms with Crippen molar-refractivity contribution in [2.75, 3.05) is 0 Å². The number of hydrogen-bond donors (Lipinski definition) is 0. The molecule has 0 spiro atoms. The van der Waals surface area contributed by atoms with Gasteiger partial charge < -0.3 is 0 Å². The van der Waals surface area contributed by atoms with E-state index in [2.05, 4.69) is 44.0 Å². The molecule has 0 amide bonds. The monoisotopic (exact) mass is 184 g/mol. The third-order valence-corrected chi connectivity index (χ3v) is 3.04. The van der Waals surface area contributed by atoms with Crippen molar-refractivity contribution >= 4 is 0 Å². The van der Waals surface area contributed by atoms with Crippen LogP contribution in [0.1, 0.15) is 43.7 Å². The average molecular weight is 184 g/mol. The molecule has 0 aliphatic heterocycles. The van der Waals surface area contributed by atoms with Crippen molar-refractivity contribution in [2.24, 2.45) is 0 Å². The molecule has 0 heterocycles. The van der Waals surface area contributed by atoms with Crippen LogP contribution in [0.4, 0.5) is 0 Å². The summed E-state index contributed by atoms with van der Waals surface area (Å²) in [7, 11) is 0.